The summed E-state index contributed by atoms with van der Waals surface area (Å²) >= 11 is 0. The molecule has 5 heteroatoms. The molecule has 2 rings (SSSR count). The Kier molecular flexibility index (Phi) is 7.70. The highest BCUT2D eigenvalue weighted by Gasteiger charge is 2.26. The van der Waals surface area contributed by atoms with Gasteiger partial charge in [0.1, 0.15) is 0 Å². The van der Waals surface area contributed by atoms with E-state index in [0.717, 1.165) is 43.6 Å². The van der Waals surface area contributed by atoms with Gasteiger partial charge in [0.15, 0.2) is 5.96 Å². The SMILES string of the molecule is CCNC(=NCCCC1CC1)NC1CCCC(S(=O)CC)C1. The maximum Gasteiger partial charge on any atom is 0.191 e. The zero-order valence-corrected chi connectivity index (χ0v) is 15.1. The summed E-state index contributed by atoms with van der Waals surface area (Å²) in [5.74, 6) is 2.73. The molecule has 2 N–H and O–H groups in total. The molecule has 2 saturated carbocycles. The van der Waals surface area contributed by atoms with Crippen LogP contribution in [0.15, 0.2) is 4.99 Å². The van der Waals surface area contributed by atoms with E-state index >= 15 is 0 Å². The molecule has 3 atom stereocenters. The fraction of sp³-hybridized carbons (Fsp3) is 0.941. The smallest absolute Gasteiger partial charge is 0.191 e. The third-order valence-electron chi connectivity index (χ3n) is 4.70. The third-order valence-corrected chi connectivity index (χ3v) is 6.45. The van der Waals surface area contributed by atoms with Crippen LogP contribution >= 0.6 is 0 Å². The van der Waals surface area contributed by atoms with Crippen molar-refractivity contribution in [3.8, 4) is 0 Å². The van der Waals surface area contributed by atoms with E-state index < -0.39 is 10.8 Å². The zero-order valence-electron chi connectivity index (χ0n) is 14.3. The van der Waals surface area contributed by atoms with Crippen LogP contribution in [0.5, 0.6) is 0 Å². The highest BCUT2D eigenvalue weighted by atomic mass is 32.2. The second-order valence-electron chi connectivity index (χ2n) is 6.65. The van der Waals surface area contributed by atoms with E-state index in [1.54, 1.807) is 0 Å². The van der Waals surface area contributed by atoms with Crippen molar-refractivity contribution >= 4 is 16.8 Å². The molecule has 2 fully saturated rings. The van der Waals surface area contributed by atoms with Gasteiger partial charge in [0.2, 0.25) is 0 Å². The van der Waals surface area contributed by atoms with E-state index in [2.05, 4.69) is 17.6 Å². The summed E-state index contributed by atoms with van der Waals surface area (Å²) in [5, 5.41) is 7.30. The molecule has 0 heterocycles. The molecule has 0 spiro atoms. The Balaban J connectivity index is 1.77. The van der Waals surface area contributed by atoms with Gasteiger partial charge in [-0.15, -0.1) is 0 Å². The van der Waals surface area contributed by atoms with E-state index in [1.807, 2.05) is 6.92 Å². The number of rotatable bonds is 8. The quantitative estimate of drug-likeness (QED) is 0.409. The predicted molar refractivity (Wildman–Crippen MR) is 95.8 cm³/mol. The molecule has 0 bridgehead atoms. The molecule has 2 aliphatic rings. The fourth-order valence-electron chi connectivity index (χ4n) is 3.24. The van der Waals surface area contributed by atoms with Crippen LogP contribution in [0, 0.1) is 5.92 Å². The molecule has 0 aromatic rings. The summed E-state index contributed by atoms with van der Waals surface area (Å²) in [6.45, 7) is 5.95. The topological polar surface area (TPSA) is 53.5 Å². The number of hydrogen-bond acceptors (Lipinski definition) is 2. The largest absolute Gasteiger partial charge is 0.357 e. The van der Waals surface area contributed by atoms with Gasteiger partial charge in [-0.3, -0.25) is 9.20 Å². The molecule has 0 aromatic heterocycles. The van der Waals surface area contributed by atoms with Crippen LogP contribution in [0.2, 0.25) is 0 Å². The predicted octanol–water partition coefficient (Wildman–Crippen LogP) is 2.81. The van der Waals surface area contributed by atoms with Crippen LogP contribution in [0.25, 0.3) is 0 Å². The second-order valence-corrected chi connectivity index (χ2v) is 8.65. The van der Waals surface area contributed by atoms with Crippen molar-refractivity contribution in [3.05, 3.63) is 0 Å². The van der Waals surface area contributed by atoms with Gasteiger partial charge < -0.3 is 10.6 Å². The molecular weight excluding hydrogens is 294 g/mol. The van der Waals surface area contributed by atoms with E-state index in [4.69, 9.17) is 4.99 Å². The van der Waals surface area contributed by atoms with E-state index in [1.165, 1.54) is 38.5 Å². The molecule has 0 radical (unpaired) electrons. The monoisotopic (exact) mass is 327 g/mol. The lowest BCUT2D eigenvalue weighted by Gasteiger charge is -2.30. The van der Waals surface area contributed by atoms with Crippen LogP contribution in [0.3, 0.4) is 0 Å². The summed E-state index contributed by atoms with van der Waals surface area (Å²) in [5.41, 5.74) is 0. The lowest BCUT2D eigenvalue weighted by Crippen LogP contribution is -2.46. The Labute approximate surface area is 138 Å². The van der Waals surface area contributed by atoms with Gasteiger partial charge in [-0.25, -0.2) is 0 Å². The third kappa shape index (κ3) is 6.27. The van der Waals surface area contributed by atoms with Gasteiger partial charge in [0.25, 0.3) is 0 Å². The van der Waals surface area contributed by atoms with Gasteiger partial charge in [-0.05, 0) is 44.9 Å². The first-order valence-electron chi connectivity index (χ1n) is 9.15. The molecule has 0 saturated heterocycles. The number of nitrogens with zero attached hydrogens (tertiary/aromatic N) is 1. The molecule has 0 amide bonds. The first-order valence-corrected chi connectivity index (χ1v) is 10.5. The molecule has 3 unspecified atom stereocenters. The van der Waals surface area contributed by atoms with Crippen LogP contribution in [-0.4, -0.2) is 40.3 Å². The van der Waals surface area contributed by atoms with Gasteiger partial charge in [0.05, 0.1) is 0 Å². The maximum absolute atomic E-state index is 12.0. The van der Waals surface area contributed by atoms with Crippen molar-refractivity contribution in [1.29, 1.82) is 0 Å². The number of nitrogens with one attached hydrogen (secondary N) is 2. The molecule has 128 valence electrons. The first-order chi connectivity index (χ1) is 10.7. The minimum atomic E-state index is -0.658. The van der Waals surface area contributed by atoms with Crippen molar-refractivity contribution in [2.24, 2.45) is 10.9 Å². The van der Waals surface area contributed by atoms with Gasteiger partial charge >= 0.3 is 0 Å². The Morgan fingerprint density at radius 2 is 2.05 bits per heavy atom. The van der Waals surface area contributed by atoms with Crippen molar-refractivity contribution in [3.63, 3.8) is 0 Å². The highest BCUT2D eigenvalue weighted by molar-refractivity contribution is 7.85. The van der Waals surface area contributed by atoms with Crippen molar-refractivity contribution < 1.29 is 4.21 Å². The summed E-state index contributed by atoms with van der Waals surface area (Å²) in [6.07, 6.45) is 9.89. The summed E-state index contributed by atoms with van der Waals surface area (Å²) in [4.78, 5) is 4.72. The molecule has 0 aromatic carbocycles. The molecule has 0 aliphatic heterocycles. The molecule has 22 heavy (non-hydrogen) atoms. The Bertz CT molecular complexity index is 382. The summed E-state index contributed by atoms with van der Waals surface area (Å²) < 4.78 is 12.0. The zero-order chi connectivity index (χ0) is 15.8. The minimum absolute atomic E-state index is 0.369. The van der Waals surface area contributed by atoms with Gasteiger partial charge in [-0.1, -0.05) is 26.2 Å². The van der Waals surface area contributed by atoms with Gasteiger partial charge in [-0.2, -0.15) is 0 Å². The lowest BCUT2D eigenvalue weighted by atomic mass is 9.95. The lowest BCUT2D eigenvalue weighted by molar-refractivity contribution is 0.413. The molecule has 2 aliphatic carbocycles. The standard InChI is InChI=1S/C17H33N3OS/c1-3-18-17(19-12-6-7-14-10-11-14)20-15-8-5-9-16(13-15)22(21)4-2/h14-16H,3-13H2,1-2H3,(H2,18,19,20). The Morgan fingerprint density at radius 1 is 1.23 bits per heavy atom. The van der Waals surface area contributed by atoms with Crippen LogP contribution in [0.4, 0.5) is 0 Å². The van der Waals surface area contributed by atoms with Crippen LogP contribution in [0.1, 0.15) is 65.2 Å². The van der Waals surface area contributed by atoms with Crippen LogP contribution in [-0.2, 0) is 10.8 Å². The number of aliphatic imine (C=N–C) groups is 1. The number of hydrogen-bond donors (Lipinski definition) is 2. The van der Waals surface area contributed by atoms with E-state index in [9.17, 15) is 4.21 Å². The van der Waals surface area contributed by atoms with E-state index in [-0.39, 0.29) is 0 Å². The highest BCUT2D eigenvalue weighted by Crippen LogP contribution is 2.33. The fourth-order valence-corrected chi connectivity index (χ4v) is 4.59. The normalized spacial score (nSPS) is 27.5. The average Bonchev–Trinajstić information content (AvgIpc) is 3.35. The Morgan fingerprint density at radius 3 is 2.73 bits per heavy atom. The van der Waals surface area contributed by atoms with E-state index in [0.29, 0.717) is 11.3 Å². The molecular formula is C17H33N3OS. The minimum Gasteiger partial charge on any atom is -0.357 e. The maximum atomic E-state index is 12.0. The average molecular weight is 328 g/mol. The Hall–Kier alpha value is -0.580. The van der Waals surface area contributed by atoms with Crippen LogP contribution < -0.4 is 10.6 Å². The van der Waals surface area contributed by atoms with Crippen molar-refractivity contribution in [1.82, 2.24) is 10.6 Å². The van der Waals surface area contributed by atoms with Crippen molar-refractivity contribution in [2.75, 3.05) is 18.8 Å². The molecule has 4 nitrogen and oxygen atoms in total. The first kappa shape index (κ1) is 17.8. The summed E-state index contributed by atoms with van der Waals surface area (Å²) in [7, 11) is -0.658. The van der Waals surface area contributed by atoms with Crippen molar-refractivity contribution in [2.45, 2.75) is 76.5 Å². The number of guanidine groups is 1. The van der Waals surface area contributed by atoms with Gasteiger partial charge in [0, 0.05) is 40.9 Å². The summed E-state index contributed by atoms with van der Waals surface area (Å²) in [6, 6.07) is 0.426. The second kappa shape index (κ2) is 9.53.